The molecule has 0 radical (unpaired) electrons. The fraction of sp³-hybridized carbons (Fsp3) is 0.250. The molecule has 0 fully saturated rings. The summed E-state index contributed by atoms with van der Waals surface area (Å²) >= 11 is 3.59. The Morgan fingerprint density at radius 2 is 1.85 bits per heavy atom. The number of anilines is 2. The van der Waals surface area contributed by atoms with Crippen molar-refractivity contribution in [3.05, 3.63) is 52.5 Å². The molecule has 0 bridgehead atoms. The fourth-order valence-electron chi connectivity index (χ4n) is 2.06. The van der Waals surface area contributed by atoms with Crippen molar-refractivity contribution in [2.75, 3.05) is 19.1 Å². The summed E-state index contributed by atoms with van der Waals surface area (Å²) in [5.41, 5.74) is 9.20. The topological polar surface area (TPSA) is 38.5 Å². The third-order valence-corrected chi connectivity index (χ3v) is 3.99. The molecule has 0 aliphatic rings. The highest BCUT2D eigenvalue weighted by Crippen LogP contribution is 2.31. The molecular formula is C16H19BrN2O. The predicted octanol–water partition coefficient (Wildman–Crippen LogP) is 4.25. The number of ether oxygens (including phenoxy) is 1. The molecule has 0 amide bonds. The highest BCUT2D eigenvalue weighted by molar-refractivity contribution is 9.10. The minimum Gasteiger partial charge on any atom is -0.497 e. The molecule has 2 rings (SSSR count). The Labute approximate surface area is 128 Å². The SMILES string of the molecule is COc1cccc(N(C)c2ccc(C(C)N)c(Br)c2)c1. The van der Waals surface area contributed by atoms with Crippen LogP contribution in [0.2, 0.25) is 0 Å². The van der Waals surface area contributed by atoms with Crippen LogP contribution < -0.4 is 15.4 Å². The molecule has 1 unspecified atom stereocenters. The third-order valence-electron chi connectivity index (χ3n) is 3.30. The first kappa shape index (κ1) is 14.9. The normalized spacial score (nSPS) is 12.1. The van der Waals surface area contributed by atoms with Gasteiger partial charge in [-0.1, -0.05) is 28.1 Å². The summed E-state index contributed by atoms with van der Waals surface area (Å²) < 4.78 is 6.29. The van der Waals surface area contributed by atoms with Gasteiger partial charge < -0.3 is 15.4 Å². The van der Waals surface area contributed by atoms with Gasteiger partial charge in [-0.25, -0.2) is 0 Å². The van der Waals surface area contributed by atoms with Gasteiger partial charge in [-0.3, -0.25) is 0 Å². The van der Waals surface area contributed by atoms with Gasteiger partial charge in [0.05, 0.1) is 7.11 Å². The third kappa shape index (κ3) is 3.14. The summed E-state index contributed by atoms with van der Waals surface area (Å²) in [4.78, 5) is 2.11. The van der Waals surface area contributed by atoms with Crippen LogP contribution in [0.5, 0.6) is 5.75 Å². The second-order valence-corrected chi connectivity index (χ2v) is 5.61. The molecule has 3 nitrogen and oxygen atoms in total. The molecule has 0 aromatic heterocycles. The number of nitrogens with zero attached hydrogens (tertiary/aromatic N) is 1. The second kappa shape index (κ2) is 6.29. The van der Waals surface area contributed by atoms with Crippen LogP contribution in [0.1, 0.15) is 18.5 Å². The van der Waals surface area contributed by atoms with Gasteiger partial charge >= 0.3 is 0 Å². The molecule has 0 aliphatic carbocycles. The first-order valence-corrected chi connectivity index (χ1v) is 7.25. The fourth-order valence-corrected chi connectivity index (χ4v) is 2.79. The second-order valence-electron chi connectivity index (χ2n) is 4.75. The van der Waals surface area contributed by atoms with Crippen molar-refractivity contribution in [1.82, 2.24) is 0 Å². The van der Waals surface area contributed by atoms with E-state index in [9.17, 15) is 0 Å². The minimum atomic E-state index is 0.0144. The summed E-state index contributed by atoms with van der Waals surface area (Å²) in [7, 11) is 3.70. The average Bonchev–Trinajstić information content (AvgIpc) is 2.46. The lowest BCUT2D eigenvalue weighted by atomic mass is 10.1. The first-order chi connectivity index (χ1) is 9.52. The van der Waals surface area contributed by atoms with Crippen LogP contribution in [0.15, 0.2) is 46.9 Å². The number of methoxy groups -OCH3 is 1. The predicted molar refractivity (Wildman–Crippen MR) is 87.8 cm³/mol. The summed E-state index contributed by atoms with van der Waals surface area (Å²) in [6, 6.07) is 14.2. The van der Waals surface area contributed by atoms with Crippen molar-refractivity contribution in [2.45, 2.75) is 13.0 Å². The van der Waals surface area contributed by atoms with Crippen LogP contribution in [0.25, 0.3) is 0 Å². The standard InChI is InChI=1S/C16H19BrN2O/c1-11(18)15-8-7-13(10-16(15)17)19(2)12-5-4-6-14(9-12)20-3/h4-11H,18H2,1-3H3. The van der Waals surface area contributed by atoms with E-state index >= 15 is 0 Å². The number of hydrogen-bond donors (Lipinski definition) is 1. The molecule has 20 heavy (non-hydrogen) atoms. The monoisotopic (exact) mass is 334 g/mol. The Bertz CT molecular complexity index is 599. The van der Waals surface area contributed by atoms with Gasteiger partial charge in [0.1, 0.15) is 5.75 Å². The molecule has 0 saturated carbocycles. The molecule has 2 aromatic rings. The number of halogens is 1. The van der Waals surface area contributed by atoms with Gasteiger partial charge in [0.25, 0.3) is 0 Å². The van der Waals surface area contributed by atoms with E-state index in [2.05, 4.69) is 45.1 Å². The maximum atomic E-state index is 5.93. The minimum absolute atomic E-state index is 0.0144. The van der Waals surface area contributed by atoms with E-state index < -0.39 is 0 Å². The van der Waals surface area contributed by atoms with E-state index in [1.54, 1.807) is 7.11 Å². The summed E-state index contributed by atoms with van der Waals surface area (Å²) in [6.45, 7) is 1.98. The first-order valence-electron chi connectivity index (χ1n) is 6.45. The molecule has 0 aliphatic heterocycles. The molecular weight excluding hydrogens is 316 g/mol. The highest BCUT2D eigenvalue weighted by Gasteiger charge is 2.09. The van der Waals surface area contributed by atoms with Crippen molar-refractivity contribution in [2.24, 2.45) is 5.73 Å². The molecule has 2 aromatic carbocycles. The van der Waals surface area contributed by atoms with Crippen molar-refractivity contribution in [3.63, 3.8) is 0 Å². The molecule has 4 heteroatoms. The average molecular weight is 335 g/mol. The molecule has 1 atom stereocenters. The maximum Gasteiger partial charge on any atom is 0.120 e. The van der Waals surface area contributed by atoms with Crippen molar-refractivity contribution in [3.8, 4) is 5.75 Å². The number of hydrogen-bond acceptors (Lipinski definition) is 3. The molecule has 0 spiro atoms. The zero-order valence-electron chi connectivity index (χ0n) is 11.9. The van der Waals surface area contributed by atoms with E-state index in [1.807, 2.05) is 32.2 Å². The summed E-state index contributed by atoms with van der Waals surface area (Å²) in [5.74, 6) is 0.848. The van der Waals surface area contributed by atoms with Gasteiger partial charge in [-0.05, 0) is 36.8 Å². The Hall–Kier alpha value is -1.52. The summed E-state index contributed by atoms with van der Waals surface area (Å²) in [5, 5.41) is 0. The Morgan fingerprint density at radius 1 is 1.15 bits per heavy atom. The zero-order chi connectivity index (χ0) is 14.7. The van der Waals surface area contributed by atoms with Crippen molar-refractivity contribution >= 4 is 27.3 Å². The van der Waals surface area contributed by atoms with Gasteiger partial charge in [0.2, 0.25) is 0 Å². The lowest BCUT2D eigenvalue weighted by Gasteiger charge is -2.21. The number of nitrogens with two attached hydrogens (primary N) is 1. The highest BCUT2D eigenvalue weighted by atomic mass is 79.9. The Balaban J connectivity index is 2.33. The summed E-state index contributed by atoms with van der Waals surface area (Å²) in [6.07, 6.45) is 0. The molecule has 2 N–H and O–H groups in total. The van der Waals surface area contributed by atoms with E-state index in [1.165, 1.54) is 0 Å². The maximum absolute atomic E-state index is 5.93. The van der Waals surface area contributed by atoms with Crippen LogP contribution in [-0.4, -0.2) is 14.2 Å². The van der Waals surface area contributed by atoms with Gasteiger partial charge in [-0.2, -0.15) is 0 Å². The van der Waals surface area contributed by atoms with Crippen LogP contribution in [0, 0.1) is 0 Å². The van der Waals surface area contributed by atoms with Gasteiger partial charge in [-0.15, -0.1) is 0 Å². The zero-order valence-corrected chi connectivity index (χ0v) is 13.5. The van der Waals surface area contributed by atoms with Crippen LogP contribution >= 0.6 is 15.9 Å². The Morgan fingerprint density at radius 3 is 2.45 bits per heavy atom. The van der Waals surface area contributed by atoms with E-state index in [4.69, 9.17) is 10.5 Å². The van der Waals surface area contributed by atoms with Crippen LogP contribution in [-0.2, 0) is 0 Å². The van der Waals surface area contributed by atoms with Gasteiger partial charge in [0, 0.05) is 35.0 Å². The van der Waals surface area contributed by atoms with E-state index in [0.717, 1.165) is 27.2 Å². The molecule has 106 valence electrons. The van der Waals surface area contributed by atoms with Crippen LogP contribution in [0.4, 0.5) is 11.4 Å². The largest absolute Gasteiger partial charge is 0.497 e. The lowest BCUT2D eigenvalue weighted by Crippen LogP contribution is -2.11. The van der Waals surface area contributed by atoms with Crippen molar-refractivity contribution in [1.29, 1.82) is 0 Å². The number of benzene rings is 2. The molecule has 0 saturated heterocycles. The Kier molecular flexibility index (Phi) is 4.68. The smallest absolute Gasteiger partial charge is 0.120 e. The van der Waals surface area contributed by atoms with E-state index in [-0.39, 0.29) is 6.04 Å². The van der Waals surface area contributed by atoms with Crippen molar-refractivity contribution < 1.29 is 4.74 Å². The van der Waals surface area contributed by atoms with Crippen LogP contribution in [0.3, 0.4) is 0 Å². The number of rotatable bonds is 4. The molecule has 0 heterocycles. The van der Waals surface area contributed by atoms with E-state index in [0.29, 0.717) is 0 Å². The lowest BCUT2D eigenvalue weighted by molar-refractivity contribution is 0.415. The van der Waals surface area contributed by atoms with Gasteiger partial charge in [0.15, 0.2) is 0 Å². The quantitative estimate of drug-likeness (QED) is 0.908.